The van der Waals surface area contributed by atoms with E-state index in [2.05, 4.69) is 49.2 Å². The van der Waals surface area contributed by atoms with E-state index in [1.54, 1.807) is 12.5 Å². The van der Waals surface area contributed by atoms with Gasteiger partial charge in [0, 0.05) is 40.9 Å². The van der Waals surface area contributed by atoms with Crippen molar-refractivity contribution in [2.24, 2.45) is 0 Å². The van der Waals surface area contributed by atoms with Crippen molar-refractivity contribution in [1.29, 1.82) is 0 Å². The number of hydrogen-bond donors (Lipinski definition) is 1. The zero-order valence-electron chi connectivity index (χ0n) is 10.9. The minimum atomic E-state index is 0.220. The van der Waals surface area contributed by atoms with Crippen molar-refractivity contribution in [3.63, 3.8) is 0 Å². The molecule has 2 heterocycles. The average Bonchev–Trinajstić information content (AvgIpc) is 2.44. The van der Waals surface area contributed by atoms with Crippen LogP contribution in [-0.4, -0.2) is 21.5 Å². The van der Waals surface area contributed by atoms with E-state index in [4.69, 9.17) is 0 Å². The maximum absolute atomic E-state index is 4.21. The Balaban J connectivity index is 2.14. The van der Waals surface area contributed by atoms with Crippen molar-refractivity contribution in [2.75, 3.05) is 6.54 Å². The first-order valence-electron chi connectivity index (χ1n) is 6.37. The molecule has 0 amide bonds. The topological polar surface area (TPSA) is 50.7 Å². The van der Waals surface area contributed by atoms with E-state index >= 15 is 0 Å². The molecule has 0 aliphatic heterocycles. The quantitative estimate of drug-likeness (QED) is 0.889. The lowest BCUT2D eigenvalue weighted by atomic mass is 10.0. The van der Waals surface area contributed by atoms with Crippen LogP contribution in [0, 0.1) is 0 Å². The van der Waals surface area contributed by atoms with Crippen LogP contribution in [-0.2, 0) is 6.42 Å². The van der Waals surface area contributed by atoms with Crippen LogP contribution in [0.15, 0.2) is 41.7 Å². The van der Waals surface area contributed by atoms with Crippen molar-refractivity contribution in [1.82, 2.24) is 20.3 Å². The minimum absolute atomic E-state index is 0.220. The van der Waals surface area contributed by atoms with E-state index in [1.165, 1.54) is 5.56 Å². The lowest BCUT2D eigenvalue weighted by molar-refractivity contribution is 0.525. The van der Waals surface area contributed by atoms with Crippen LogP contribution in [0.2, 0.25) is 0 Å². The molecule has 1 atom stereocenters. The van der Waals surface area contributed by atoms with Gasteiger partial charge in [0.25, 0.3) is 0 Å². The number of halogens is 1. The Hall–Kier alpha value is -1.33. The zero-order chi connectivity index (χ0) is 13.5. The van der Waals surface area contributed by atoms with Crippen LogP contribution in [0.3, 0.4) is 0 Å². The van der Waals surface area contributed by atoms with Gasteiger partial charge in [0.2, 0.25) is 0 Å². The second kappa shape index (κ2) is 7.31. The van der Waals surface area contributed by atoms with Gasteiger partial charge in [-0.15, -0.1) is 0 Å². The molecule has 4 nitrogen and oxygen atoms in total. The Morgan fingerprint density at radius 3 is 2.63 bits per heavy atom. The Bertz CT molecular complexity index is 504. The molecule has 100 valence electrons. The monoisotopic (exact) mass is 320 g/mol. The summed E-state index contributed by atoms with van der Waals surface area (Å²) in [6, 6.07) is 2.31. The molecule has 2 rings (SSSR count). The lowest BCUT2D eigenvalue weighted by Crippen LogP contribution is -2.24. The summed E-state index contributed by atoms with van der Waals surface area (Å²) >= 11 is 3.45. The predicted octanol–water partition coefficient (Wildman–Crippen LogP) is 2.92. The molecule has 0 saturated heterocycles. The molecule has 2 aromatic rings. The van der Waals surface area contributed by atoms with E-state index in [9.17, 15) is 0 Å². The van der Waals surface area contributed by atoms with Crippen LogP contribution in [0.4, 0.5) is 0 Å². The van der Waals surface area contributed by atoms with Gasteiger partial charge in [-0.25, -0.2) is 9.97 Å². The molecule has 0 spiro atoms. The maximum Gasteiger partial charge on any atom is 0.115 e. The highest BCUT2D eigenvalue weighted by Gasteiger charge is 2.12. The summed E-state index contributed by atoms with van der Waals surface area (Å²) in [6.45, 7) is 3.13. The van der Waals surface area contributed by atoms with Crippen molar-refractivity contribution in [2.45, 2.75) is 25.8 Å². The molecule has 0 aromatic carbocycles. The SMILES string of the molecule is CCCNC(Cc1cncc(Br)c1)c1cncnc1. The lowest BCUT2D eigenvalue weighted by Gasteiger charge is -2.18. The Morgan fingerprint density at radius 1 is 1.16 bits per heavy atom. The molecule has 1 N–H and O–H groups in total. The number of pyridine rings is 1. The standard InChI is InChI=1S/C14H17BrN4/c1-2-3-19-14(12-7-17-10-18-8-12)5-11-4-13(15)9-16-6-11/h4,6-10,14,19H,2-3,5H2,1H3. The van der Waals surface area contributed by atoms with Gasteiger partial charge in [-0.3, -0.25) is 4.98 Å². The van der Waals surface area contributed by atoms with Gasteiger partial charge >= 0.3 is 0 Å². The van der Waals surface area contributed by atoms with Crippen molar-refractivity contribution < 1.29 is 0 Å². The van der Waals surface area contributed by atoms with Crippen molar-refractivity contribution >= 4 is 15.9 Å². The smallest absolute Gasteiger partial charge is 0.115 e. The van der Waals surface area contributed by atoms with Crippen LogP contribution >= 0.6 is 15.9 Å². The first kappa shape index (κ1) is 14.1. The second-order valence-electron chi connectivity index (χ2n) is 4.39. The van der Waals surface area contributed by atoms with Crippen LogP contribution < -0.4 is 5.32 Å². The third kappa shape index (κ3) is 4.36. The minimum Gasteiger partial charge on any atom is -0.310 e. The molecule has 0 aliphatic rings. The van der Waals surface area contributed by atoms with Gasteiger partial charge in [-0.05, 0) is 46.9 Å². The molecule has 0 saturated carbocycles. The summed E-state index contributed by atoms with van der Waals surface area (Å²) in [6.07, 6.45) is 11.0. The van der Waals surface area contributed by atoms with Gasteiger partial charge < -0.3 is 5.32 Å². The highest BCUT2D eigenvalue weighted by Crippen LogP contribution is 2.18. The van der Waals surface area contributed by atoms with E-state index in [0.717, 1.165) is 29.4 Å². The van der Waals surface area contributed by atoms with E-state index in [0.29, 0.717) is 0 Å². The Kier molecular flexibility index (Phi) is 5.42. The Morgan fingerprint density at radius 2 is 1.95 bits per heavy atom. The molecular formula is C14H17BrN4. The van der Waals surface area contributed by atoms with Gasteiger partial charge in [0.1, 0.15) is 6.33 Å². The summed E-state index contributed by atoms with van der Waals surface area (Å²) in [4.78, 5) is 12.4. The van der Waals surface area contributed by atoms with E-state index in [-0.39, 0.29) is 6.04 Å². The maximum atomic E-state index is 4.21. The molecule has 0 aliphatic carbocycles. The number of rotatable bonds is 6. The first-order chi connectivity index (χ1) is 9.29. The highest BCUT2D eigenvalue weighted by molar-refractivity contribution is 9.10. The summed E-state index contributed by atoms with van der Waals surface area (Å²) in [5.74, 6) is 0. The van der Waals surface area contributed by atoms with Crippen molar-refractivity contribution in [3.8, 4) is 0 Å². The summed E-state index contributed by atoms with van der Waals surface area (Å²) in [5.41, 5.74) is 2.29. The second-order valence-corrected chi connectivity index (χ2v) is 5.31. The molecule has 0 radical (unpaired) electrons. The summed E-state index contributed by atoms with van der Waals surface area (Å²) < 4.78 is 1.00. The van der Waals surface area contributed by atoms with E-state index in [1.807, 2.05) is 18.6 Å². The molecule has 1 unspecified atom stereocenters. The zero-order valence-corrected chi connectivity index (χ0v) is 12.5. The van der Waals surface area contributed by atoms with Gasteiger partial charge in [0.05, 0.1) is 0 Å². The number of nitrogens with one attached hydrogen (secondary N) is 1. The van der Waals surface area contributed by atoms with Crippen LogP contribution in [0.5, 0.6) is 0 Å². The molecular weight excluding hydrogens is 304 g/mol. The molecule has 0 bridgehead atoms. The summed E-state index contributed by atoms with van der Waals surface area (Å²) in [5, 5.41) is 3.53. The molecule has 19 heavy (non-hydrogen) atoms. The fourth-order valence-corrected chi connectivity index (χ4v) is 2.33. The molecule has 2 aromatic heterocycles. The molecule has 5 heteroatoms. The number of aromatic nitrogens is 3. The van der Waals surface area contributed by atoms with E-state index < -0.39 is 0 Å². The van der Waals surface area contributed by atoms with Crippen molar-refractivity contribution in [3.05, 3.63) is 52.8 Å². The third-order valence-electron chi connectivity index (χ3n) is 2.82. The Labute approximate surface area is 121 Å². The van der Waals surface area contributed by atoms with Gasteiger partial charge in [-0.1, -0.05) is 6.92 Å². The number of nitrogens with zero attached hydrogens (tertiary/aromatic N) is 3. The predicted molar refractivity (Wildman–Crippen MR) is 78.7 cm³/mol. The summed E-state index contributed by atoms with van der Waals surface area (Å²) in [7, 11) is 0. The van der Waals surface area contributed by atoms with Gasteiger partial charge in [-0.2, -0.15) is 0 Å². The van der Waals surface area contributed by atoms with Gasteiger partial charge in [0.15, 0.2) is 0 Å². The fourth-order valence-electron chi connectivity index (χ4n) is 1.92. The van der Waals surface area contributed by atoms with Crippen LogP contribution in [0.25, 0.3) is 0 Å². The normalized spacial score (nSPS) is 12.3. The average molecular weight is 321 g/mol. The third-order valence-corrected chi connectivity index (χ3v) is 3.26. The first-order valence-corrected chi connectivity index (χ1v) is 7.16. The molecule has 0 fully saturated rings. The fraction of sp³-hybridized carbons (Fsp3) is 0.357. The number of hydrogen-bond acceptors (Lipinski definition) is 4. The highest BCUT2D eigenvalue weighted by atomic mass is 79.9. The van der Waals surface area contributed by atoms with Crippen LogP contribution in [0.1, 0.15) is 30.5 Å². The largest absolute Gasteiger partial charge is 0.310 e.